The molecule has 0 bridgehead atoms. The molecule has 0 fully saturated rings. The quantitative estimate of drug-likeness (QED) is 0.218. The lowest BCUT2D eigenvalue weighted by molar-refractivity contribution is -0.132. The molecule has 16 heteroatoms. The molecule has 0 aliphatic carbocycles. The fraction of sp³-hybridized carbons (Fsp3) is 1.00. The second-order valence-electron chi connectivity index (χ2n) is 7.85. The zero-order valence-corrected chi connectivity index (χ0v) is 21.8. The number of rotatable bonds is 12. The molecule has 0 saturated heterocycles. The van der Waals surface area contributed by atoms with E-state index < -0.39 is 85.1 Å². The largest absolute Gasteiger partial charge is 0.439 e. The summed E-state index contributed by atoms with van der Waals surface area (Å²) in [5, 5.41) is 0. The van der Waals surface area contributed by atoms with Crippen molar-refractivity contribution in [2.24, 2.45) is 0 Å². The highest BCUT2D eigenvalue weighted by atomic mass is 28.5. The van der Waals surface area contributed by atoms with E-state index in [2.05, 4.69) is 0 Å². The zero-order valence-electron chi connectivity index (χ0n) is 17.5. The van der Waals surface area contributed by atoms with E-state index in [1.54, 1.807) is 13.1 Å². The summed E-state index contributed by atoms with van der Waals surface area (Å²) in [6.07, 6.45) is -17.1. The first-order chi connectivity index (χ1) is 13.1. The van der Waals surface area contributed by atoms with E-state index in [4.69, 9.17) is 12.3 Å². The van der Waals surface area contributed by atoms with Crippen LogP contribution in [-0.2, 0) is 12.3 Å². The van der Waals surface area contributed by atoms with Crippen molar-refractivity contribution in [2.45, 2.75) is 88.7 Å². The van der Waals surface area contributed by atoms with Crippen LogP contribution in [0, 0.1) is 0 Å². The van der Waals surface area contributed by atoms with Crippen molar-refractivity contribution in [2.75, 3.05) is 0 Å². The topological polar surface area (TPSA) is 27.7 Å². The second-order valence-corrected chi connectivity index (χ2v) is 20.4. The lowest BCUT2D eigenvalue weighted by Gasteiger charge is -2.40. The lowest BCUT2D eigenvalue weighted by Crippen LogP contribution is -2.55. The van der Waals surface area contributed by atoms with Gasteiger partial charge < -0.3 is 12.3 Å². The summed E-state index contributed by atoms with van der Waals surface area (Å²) in [6.45, 7) is 7.44. The predicted octanol–water partition coefficient (Wildman–Crippen LogP) is 6.37. The van der Waals surface area contributed by atoms with E-state index in [0.29, 0.717) is 0 Å². The summed E-state index contributed by atoms with van der Waals surface area (Å²) in [5.74, 6) is 0. The van der Waals surface area contributed by atoms with Crippen molar-refractivity contribution in [3.8, 4) is 0 Å². The molecule has 0 N–H and O–H groups in total. The first kappa shape index (κ1) is 30.1. The number of alkyl halides is 9. The molecule has 0 rings (SSSR count). The Morgan fingerprint density at radius 2 is 1.00 bits per heavy atom. The van der Waals surface area contributed by atoms with Crippen LogP contribution < -0.4 is 0 Å². The lowest BCUT2D eigenvalue weighted by atomic mass is 10.5. The van der Waals surface area contributed by atoms with Gasteiger partial charge in [-0.3, -0.25) is 0 Å². The molecule has 3 nitrogen and oxygen atoms in total. The fourth-order valence-corrected chi connectivity index (χ4v) is 19.5. The van der Waals surface area contributed by atoms with Crippen LogP contribution in [0.3, 0.4) is 0 Å². The van der Waals surface area contributed by atoms with E-state index in [1.807, 2.05) is 0 Å². The molecule has 0 aromatic heterocycles. The van der Waals surface area contributed by atoms with Crippen molar-refractivity contribution in [3.63, 3.8) is 0 Å². The highest BCUT2D eigenvalue weighted by Crippen LogP contribution is 2.34. The van der Waals surface area contributed by atoms with Gasteiger partial charge in [-0.2, -0.15) is 39.5 Å². The van der Waals surface area contributed by atoms with Crippen LogP contribution in [0.4, 0.5) is 39.5 Å². The molecular weight excluding hydrogens is 499 g/mol. The first-order valence-electron chi connectivity index (χ1n) is 9.40. The van der Waals surface area contributed by atoms with Gasteiger partial charge in [0.05, 0.1) is 0 Å². The molecule has 0 aliphatic rings. The second kappa shape index (κ2) is 11.3. The molecule has 30 heavy (non-hydrogen) atoms. The van der Waals surface area contributed by atoms with E-state index >= 15 is 0 Å². The molecule has 0 saturated carbocycles. The smallest absolute Gasteiger partial charge is 0.389 e. The highest BCUT2D eigenvalue weighted by molar-refractivity contribution is 6.85. The summed E-state index contributed by atoms with van der Waals surface area (Å²) in [6, 6.07) is -1.49. The molecule has 182 valence electrons. The van der Waals surface area contributed by atoms with Crippen molar-refractivity contribution in [3.05, 3.63) is 0 Å². The SMILES string of the molecule is C[SiH](C)O[Si](C)(CCC(F)(F)F)O[Si](C)(CCC(F)(F)F)O[SiH](C)CCC(F)(F)F. The van der Waals surface area contributed by atoms with Crippen LogP contribution in [0.5, 0.6) is 0 Å². The Hall–Kier alpha value is 0.118. The Kier molecular flexibility index (Phi) is 11.4. The number of hydrogen-bond acceptors (Lipinski definition) is 3. The summed E-state index contributed by atoms with van der Waals surface area (Å²) in [5.41, 5.74) is 0. The van der Waals surface area contributed by atoms with Gasteiger partial charge in [0.2, 0.25) is 0 Å². The normalized spacial score (nSPS) is 18.9. The maximum atomic E-state index is 12.8. The molecule has 0 aromatic carbocycles. The van der Waals surface area contributed by atoms with Crippen molar-refractivity contribution in [1.29, 1.82) is 0 Å². The number of hydrogen-bond donors (Lipinski definition) is 0. The first-order valence-corrected chi connectivity index (χ1v) is 19.7. The van der Waals surface area contributed by atoms with Crippen LogP contribution in [0.1, 0.15) is 19.3 Å². The predicted molar refractivity (Wildman–Crippen MR) is 105 cm³/mol. The van der Waals surface area contributed by atoms with Crippen molar-refractivity contribution in [1.82, 2.24) is 0 Å². The maximum absolute atomic E-state index is 12.8. The van der Waals surface area contributed by atoms with Gasteiger partial charge in [-0.25, -0.2) is 0 Å². The van der Waals surface area contributed by atoms with Crippen LogP contribution in [-0.4, -0.2) is 53.7 Å². The van der Waals surface area contributed by atoms with Gasteiger partial charge in [0, 0.05) is 19.3 Å². The third-order valence-electron chi connectivity index (χ3n) is 3.93. The molecule has 0 spiro atoms. The highest BCUT2D eigenvalue weighted by Gasteiger charge is 2.47. The minimum atomic E-state index is -4.56. The van der Waals surface area contributed by atoms with Gasteiger partial charge in [-0.1, -0.05) is 0 Å². The third-order valence-corrected chi connectivity index (χ3v) is 18.3. The van der Waals surface area contributed by atoms with Crippen LogP contribution in [0.15, 0.2) is 0 Å². The van der Waals surface area contributed by atoms with Gasteiger partial charge in [-0.15, -0.1) is 0 Å². The van der Waals surface area contributed by atoms with E-state index in [0.717, 1.165) is 0 Å². The molecule has 0 heterocycles. The summed E-state index contributed by atoms with van der Waals surface area (Å²) < 4.78 is 131. The Morgan fingerprint density at radius 3 is 1.33 bits per heavy atom. The van der Waals surface area contributed by atoms with Gasteiger partial charge in [-0.05, 0) is 50.9 Å². The minimum Gasteiger partial charge on any atom is -0.439 e. The van der Waals surface area contributed by atoms with E-state index in [1.165, 1.54) is 19.6 Å². The molecule has 0 aromatic rings. The Balaban J connectivity index is 5.54. The van der Waals surface area contributed by atoms with E-state index in [-0.39, 0.29) is 6.04 Å². The molecule has 3 atom stereocenters. The Morgan fingerprint density at radius 1 is 0.633 bits per heavy atom. The van der Waals surface area contributed by atoms with Crippen LogP contribution >= 0.6 is 0 Å². The monoisotopic (exact) mass is 528 g/mol. The van der Waals surface area contributed by atoms with Crippen molar-refractivity contribution >= 4 is 35.2 Å². The summed E-state index contributed by atoms with van der Waals surface area (Å²) >= 11 is 0. The average molecular weight is 529 g/mol. The number of halogens is 9. The van der Waals surface area contributed by atoms with Gasteiger partial charge >= 0.3 is 35.7 Å². The van der Waals surface area contributed by atoms with Gasteiger partial charge in [0.1, 0.15) is 0 Å². The van der Waals surface area contributed by atoms with Crippen LogP contribution in [0.25, 0.3) is 0 Å². The standard InChI is InChI=1S/C14H29F9O3Si4/c1-27(2)24-29(4,10-7-13(18,19)20)26-30(5,11-8-14(21,22)23)25-28(3)9-6-12(15,16)17/h27-28H,6-11H2,1-5H3. The zero-order chi connectivity index (χ0) is 24.0. The fourth-order valence-electron chi connectivity index (χ4n) is 2.81. The van der Waals surface area contributed by atoms with Gasteiger partial charge in [0.15, 0.2) is 18.1 Å². The average Bonchev–Trinajstić information content (AvgIpc) is 2.46. The van der Waals surface area contributed by atoms with E-state index in [9.17, 15) is 39.5 Å². The third kappa shape index (κ3) is 15.9. The molecule has 0 aliphatic heterocycles. The molecular formula is C14H29F9O3Si4. The van der Waals surface area contributed by atoms with Crippen molar-refractivity contribution < 1.29 is 51.9 Å². The molecule has 3 unspecified atom stereocenters. The Bertz CT molecular complexity index is 516. The summed E-state index contributed by atoms with van der Waals surface area (Å²) in [7, 11) is -11.8. The maximum Gasteiger partial charge on any atom is 0.389 e. The Labute approximate surface area is 176 Å². The van der Waals surface area contributed by atoms with Gasteiger partial charge in [0.25, 0.3) is 0 Å². The minimum absolute atomic E-state index is 0.359. The molecule has 0 amide bonds. The molecule has 0 radical (unpaired) electrons. The van der Waals surface area contributed by atoms with Crippen LogP contribution in [0.2, 0.25) is 50.9 Å². The summed E-state index contributed by atoms with van der Waals surface area (Å²) in [4.78, 5) is 0.